The maximum atomic E-state index is 3.61. The van der Waals surface area contributed by atoms with Crippen molar-refractivity contribution in [2.45, 2.75) is 77.8 Å². The molecule has 0 aromatic heterocycles. The quantitative estimate of drug-likeness (QED) is 0.817. The van der Waals surface area contributed by atoms with Gasteiger partial charge in [0.1, 0.15) is 0 Å². The zero-order valence-electron chi connectivity index (χ0n) is 13.3. The first-order valence-corrected chi connectivity index (χ1v) is 8.68. The molecule has 1 aliphatic heterocycles. The van der Waals surface area contributed by atoms with E-state index in [9.17, 15) is 0 Å². The van der Waals surface area contributed by atoms with Crippen LogP contribution in [0.5, 0.6) is 0 Å². The lowest BCUT2D eigenvalue weighted by Crippen LogP contribution is -2.47. The van der Waals surface area contributed by atoms with E-state index in [1.807, 2.05) is 0 Å². The molecule has 2 rings (SSSR count). The summed E-state index contributed by atoms with van der Waals surface area (Å²) in [5.41, 5.74) is 0. The molecule has 2 unspecified atom stereocenters. The molecule has 19 heavy (non-hydrogen) atoms. The highest BCUT2D eigenvalue weighted by molar-refractivity contribution is 4.86. The first kappa shape index (κ1) is 15.3. The topological polar surface area (TPSA) is 15.3 Å². The molecule has 2 fully saturated rings. The molecule has 0 spiro atoms. The number of nitrogens with zero attached hydrogens (tertiary/aromatic N) is 1. The minimum atomic E-state index is 0.640. The van der Waals surface area contributed by atoms with Crippen molar-refractivity contribution in [3.05, 3.63) is 0 Å². The van der Waals surface area contributed by atoms with Crippen molar-refractivity contribution < 1.29 is 0 Å². The van der Waals surface area contributed by atoms with Crippen LogP contribution in [0.3, 0.4) is 0 Å². The van der Waals surface area contributed by atoms with Crippen LogP contribution >= 0.6 is 0 Å². The zero-order chi connectivity index (χ0) is 13.7. The van der Waals surface area contributed by atoms with Crippen LogP contribution in [-0.2, 0) is 0 Å². The molecule has 2 atom stereocenters. The summed E-state index contributed by atoms with van der Waals surface area (Å²) in [5, 5.41) is 3.61. The van der Waals surface area contributed by atoms with Crippen LogP contribution in [0.1, 0.15) is 65.7 Å². The Bertz CT molecular complexity index is 244. The molecule has 2 heteroatoms. The first-order valence-electron chi connectivity index (χ1n) is 8.68. The van der Waals surface area contributed by atoms with Crippen LogP contribution in [0.2, 0.25) is 0 Å². The molecule has 1 N–H and O–H groups in total. The monoisotopic (exact) mass is 266 g/mol. The highest BCUT2D eigenvalue weighted by atomic mass is 15.2. The van der Waals surface area contributed by atoms with Gasteiger partial charge in [-0.3, -0.25) is 0 Å². The molecule has 2 nitrogen and oxygen atoms in total. The van der Waals surface area contributed by atoms with Crippen LogP contribution < -0.4 is 5.32 Å². The van der Waals surface area contributed by atoms with Gasteiger partial charge in [-0.2, -0.15) is 0 Å². The summed E-state index contributed by atoms with van der Waals surface area (Å²) in [4.78, 5) is 2.83. The predicted molar refractivity (Wildman–Crippen MR) is 83.5 cm³/mol. The third-order valence-corrected chi connectivity index (χ3v) is 5.33. The summed E-state index contributed by atoms with van der Waals surface area (Å²) in [5.74, 6) is 1.90. The summed E-state index contributed by atoms with van der Waals surface area (Å²) in [6.45, 7) is 10.8. The number of rotatable bonds is 5. The zero-order valence-corrected chi connectivity index (χ0v) is 13.3. The molecule has 112 valence electrons. The fourth-order valence-electron chi connectivity index (χ4n) is 4.04. The van der Waals surface area contributed by atoms with Gasteiger partial charge in [0.05, 0.1) is 0 Å². The lowest BCUT2D eigenvalue weighted by atomic mass is 9.80. The first-order chi connectivity index (χ1) is 9.20. The molecule has 0 aromatic rings. The second-order valence-corrected chi connectivity index (χ2v) is 7.06. The molecular formula is C17H34N2. The lowest BCUT2D eigenvalue weighted by Gasteiger charge is -2.43. The Morgan fingerprint density at radius 1 is 1.05 bits per heavy atom. The van der Waals surface area contributed by atoms with Gasteiger partial charge in [-0.25, -0.2) is 0 Å². The van der Waals surface area contributed by atoms with E-state index in [1.54, 1.807) is 0 Å². The van der Waals surface area contributed by atoms with Gasteiger partial charge in [-0.1, -0.05) is 40.0 Å². The van der Waals surface area contributed by atoms with Crippen LogP contribution in [0.15, 0.2) is 0 Å². The highest BCUT2D eigenvalue weighted by Gasteiger charge is 2.31. The maximum Gasteiger partial charge on any atom is 0.0123 e. The van der Waals surface area contributed by atoms with E-state index in [1.165, 1.54) is 64.6 Å². The second kappa shape index (κ2) is 7.64. The highest BCUT2D eigenvalue weighted by Crippen LogP contribution is 2.32. The van der Waals surface area contributed by atoms with Crippen molar-refractivity contribution in [2.24, 2.45) is 11.8 Å². The molecule has 0 amide bonds. The number of piperidine rings is 1. The van der Waals surface area contributed by atoms with E-state index < -0.39 is 0 Å². The summed E-state index contributed by atoms with van der Waals surface area (Å²) in [7, 11) is 0. The molecule has 1 saturated heterocycles. The smallest absolute Gasteiger partial charge is 0.0123 e. The minimum absolute atomic E-state index is 0.640. The van der Waals surface area contributed by atoms with E-state index in [0.29, 0.717) is 6.04 Å². The Morgan fingerprint density at radius 3 is 2.37 bits per heavy atom. The number of hydrogen-bond acceptors (Lipinski definition) is 2. The standard InChI is InChI=1S/C17H34N2/c1-4-16-7-5-6-8-17(16)19-11-9-15(10-12-19)13-18-14(2)3/h14-18H,4-13H2,1-3H3. The average molecular weight is 266 g/mol. The number of hydrogen-bond donors (Lipinski definition) is 1. The van der Waals surface area contributed by atoms with Crippen molar-refractivity contribution >= 4 is 0 Å². The van der Waals surface area contributed by atoms with Gasteiger partial charge >= 0.3 is 0 Å². The van der Waals surface area contributed by atoms with Crippen LogP contribution in [0.25, 0.3) is 0 Å². The summed E-state index contributed by atoms with van der Waals surface area (Å²) in [6.07, 6.45) is 10.1. The SMILES string of the molecule is CCC1CCCCC1N1CCC(CNC(C)C)CC1. The normalized spacial score (nSPS) is 30.9. The Kier molecular flexibility index (Phi) is 6.15. The molecule has 0 aromatic carbocycles. The minimum Gasteiger partial charge on any atom is -0.314 e. The molecule has 1 aliphatic carbocycles. The average Bonchev–Trinajstić information content (AvgIpc) is 2.45. The van der Waals surface area contributed by atoms with E-state index in [-0.39, 0.29) is 0 Å². The third kappa shape index (κ3) is 4.46. The van der Waals surface area contributed by atoms with Crippen molar-refractivity contribution in [2.75, 3.05) is 19.6 Å². The van der Waals surface area contributed by atoms with Crippen LogP contribution in [0.4, 0.5) is 0 Å². The maximum absolute atomic E-state index is 3.61. The fraction of sp³-hybridized carbons (Fsp3) is 1.00. The van der Waals surface area contributed by atoms with Gasteiger partial charge in [0.15, 0.2) is 0 Å². The van der Waals surface area contributed by atoms with Crippen molar-refractivity contribution in [3.63, 3.8) is 0 Å². The Labute approximate surface area is 120 Å². The third-order valence-electron chi connectivity index (χ3n) is 5.33. The van der Waals surface area contributed by atoms with Crippen LogP contribution in [-0.4, -0.2) is 36.6 Å². The molecule has 2 aliphatic rings. The van der Waals surface area contributed by atoms with Crippen molar-refractivity contribution in [1.82, 2.24) is 10.2 Å². The second-order valence-electron chi connectivity index (χ2n) is 7.06. The van der Waals surface area contributed by atoms with Crippen LogP contribution in [0, 0.1) is 11.8 Å². The Hall–Kier alpha value is -0.0800. The van der Waals surface area contributed by atoms with Gasteiger partial charge in [-0.05, 0) is 57.2 Å². The van der Waals surface area contributed by atoms with Crippen molar-refractivity contribution in [1.29, 1.82) is 0 Å². The summed E-state index contributed by atoms with van der Waals surface area (Å²) < 4.78 is 0. The van der Waals surface area contributed by atoms with Gasteiger partial charge in [0.2, 0.25) is 0 Å². The largest absolute Gasteiger partial charge is 0.314 e. The summed E-state index contributed by atoms with van der Waals surface area (Å²) >= 11 is 0. The van der Waals surface area contributed by atoms with Gasteiger partial charge < -0.3 is 10.2 Å². The Morgan fingerprint density at radius 2 is 1.74 bits per heavy atom. The molecule has 0 bridgehead atoms. The predicted octanol–water partition coefficient (Wildman–Crippen LogP) is 3.67. The lowest BCUT2D eigenvalue weighted by molar-refractivity contribution is 0.0662. The van der Waals surface area contributed by atoms with Crippen molar-refractivity contribution in [3.8, 4) is 0 Å². The molecule has 0 radical (unpaired) electrons. The van der Waals surface area contributed by atoms with E-state index >= 15 is 0 Å². The number of nitrogens with one attached hydrogen (secondary N) is 1. The van der Waals surface area contributed by atoms with E-state index in [4.69, 9.17) is 0 Å². The molecular weight excluding hydrogens is 232 g/mol. The van der Waals surface area contributed by atoms with Gasteiger partial charge in [0.25, 0.3) is 0 Å². The summed E-state index contributed by atoms with van der Waals surface area (Å²) in [6, 6.07) is 1.55. The number of likely N-dealkylation sites (tertiary alicyclic amines) is 1. The van der Waals surface area contributed by atoms with E-state index in [2.05, 4.69) is 31.0 Å². The fourth-order valence-corrected chi connectivity index (χ4v) is 4.04. The van der Waals surface area contributed by atoms with Gasteiger partial charge in [-0.15, -0.1) is 0 Å². The molecule has 1 heterocycles. The van der Waals surface area contributed by atoms with E-state index in [0.717, 1.165) is 17.9 Å². The molecule has 1 saturated carbocycles. The Balaban J connectivity index is 1.75. The van der Waals surface area contributed by atoms with Gasteiger partial charge in [0, 0.05) is 12.1 Å².